The molecule has 1 rings (SSSR count). The molecule has 3 N–H and O–H groups in total. The van der Waals surface area contributed by atoms with Gasteiger partial charge in [0.25, 0.3) is 0 Å². The molecule has 0 bridgehead atoms. The summed E-state index contributed by atoms with van der Waals surface area (Å²) in [6.07, 6.45) is 2.64. The number of rotatable bonds is 0. The van der Waals surface area contributed by atoms with Gasteiger partial charge in [0.15, 0.2) is 0 Å². The molecule has 4 nitrogen and oxygen atoms in total. The van der Waals surface area contributed by atoms with Gasteiger partial charge in [-0.15, -0.1) is 0 Å². The van der Waals surface area contributed by atoms with Gasteiger partial charge in [-0.25, -0.2) is 0 Å². The summed E-state index contributed by atoms with van der Waals surface area (Å²) in [5.74, 6) is 5.00. The topological polar surface area (TPSA) is 71.0 Å². The lowest BCUT2D eigenvalue weighted by molar-refractivity contribution is 0.319. The Kier molecular flexibility index (Phi) is 1.67. The number of oxime groups is 1. The molecule has 0 radical (unpaired) electrons. The molecule has 1 fully saturated rings. The van der Waals surface area contributed by atoms with Crippen LogP contribution in [0, 0.1) is 0 Å². The third-order valence-electron chi connectivity index (χ3n) is 1.44. The number of hydrogen-bond acceptors (Lipinski definition) is 4. The van der Waals surface area contributed by atoms with E-state index in [0.29, 0.717) is 5.71 Å². The van der Waals surface area contributed by atoms with E-state index >= 15 is 0 Å². The predicted molar refractivity (Wildman–Crippen MR) is 34.7 cm³/mol. The Morgan fingerprint density at radius 3 is 2.44 bits per heavy atom. The number of nitrogens with two attached hydrogens (primary N) is 1. The van der Waals surface area contributed by atoms with E-state index in [2.05, 4.69) is 10.3 Å². The van der Waals surface area contributed by atoms with Crippen molar-refractivity contribution in [3.8, 4) is 0 Å². The van der Waals surface area contributed by atoms with Gasteiger partial charge < -0.3 is 11.0 Å². The number of hydrazone groups is 1. The van der Waals surface area contributed by atoms with Crippen LogP contribution in [0.5, 0.6) is 0 Å². The van der Waals surface area contributed by atoms with Crippen LogP contribution in [0.1, 0.15) is 19.3 Å². The molecule has 0 heterocycles. The summed E-state index contributed by atoms with van der Waals surface area (Å²) >= 11 is 0. The molecule has 0 atom stereocenters. The van der Waals surface area contributed by atoms with E-state index in [1.165, 1.54) is 0 Å². The van der Waals surface area contributed by atoms with Crippen LogP contribution in [0.4, 0.5) is 0 Å². The summed E-state index contributed by atoms with van der Waals surface area (Å²) in [5.41, 5.74) is 1.37. The normalized spacial score (nSPS) is 28.0. The molecule has 0 unspecified atom stereocenters. The van der Waals surface area contributed by atoms with E-state index in [1.807, 2.05) is 0 Å². The van der Waals surface area contributed by atoms with Crippen molar-refractivity contribution in [1.82, 2.24) is 0 Å². The van der Waals surface area contributed by atoms with Crippen LogP contribution in [0.15, 0.2) is 10.3 Å². The molecule has 1 saturated carbocycles. The molecular formula is C5H9N3O. The van der Waals surface area contributed by atoms with Crippen LogP contribution in [0.25, 0.3) is 0 Å². The van der Waals surface area contributed by atoms with E-state index < -0.39 is 0 Å². The zero-order chi connectivity index (χ0) is 6.69. The maximum Gasteiger partial charge on any atom is 0.103 e. The lowest BCUT2D eigenvalue weighted by atomic mass is 10.3. The fraction of sp³-hybridized carbons (Fsp3) is 0.600. The second-order valence-electron chi connectivity index (χ2n) is 1.98. The van der Waals surface area contributed by atoms with Gasteiger partial charge in [-0.2, -0.15) is 5.10 Å². The average Bonchev–Trinajstić information content (AvgIpc) is 2.33. The highest BCUT2D eigenvalue weighted by molar-refractivity contribution is 6.43. The van der Waals surface area contributed by atoms with E-state index in [0.717, 1.165) is 25.0 Å². The summed E-state index contributed by atoms with van der Waals surface area (Å²) in [4.78, 5) is 0. The largest absolute Gasteiger partial charge is 0.411 e. The molecule has 1 aliphatic rings. The fourth-order valence-electron chi connectivity index (χ4n) is 0.959. The Morgan fingerprint density at radius 1 is 1.33 bits per heavy atom. The lowest BCUT2D eigenvalue weighted by Crippen LogP contribution is -2.07. The van der Waals surface area contributed by atoms with Gasteiger partial charge in [-0.3, -0.25) is 0 Å². The van der Waals surface area contributed by atoms with Gasteiger partial charge in [-0.05, 0) is 19.3 Å². The van der Waals surface area contributed by atoms with Crippen molar-refractivity contribution in [2.45, 2.75) is 19.3 Å². The van der Waals surface area contributed by atoms with Crippen LogP contribution in [0.3, 0.4) is 0 Å². The molecule has 0 amide bonds. The summed E-state index contributed by atoms with van der Waals surface area (Å²) in [6, 6.07) is 0. The van der Waals surface area contributed by atoms with Gasteiger partial charge in [0, 0.05) is 0 Å². The molecule has 0 aromatic heterocycles. The van der Waals surface area contributed by atoms with Crippen LogP contribution in [-0.4, -0.2) is 16.6 Å². The quantitative estimate of drug-likeness (QED) is 0.279. The molecular weight excluding hydrogens is 118 g/mol. The van der Waals surface area contributed by atoms with Gasteiger partial charge in [-0.1, -0.05) is 5.16 Å². The molecule has 4 heteroatoms. The van der Waals surface area contributed by atoms with Gasteiger partial charge >= 0.3 is 0 Å². The Bertz CT molecular complexity index is 144. The molecule has 0 aliphatic heterocycles. The summed E-state index contributed by atoms with van der Waals surface area (Å²) in [5, 5.41) is 14.8. The van der Waals surface area contributed by atoms with Crippen LogP contribution in [0.2, 0.25) is 0 Å². The zero-order valence-electron chi connectivity index (χ0n) is 5.04. The lowest BCUT2D eigenvalue weighted by Gasteiger charge is -1.89. The summed E-state index contributed by atoms with van der Waals surface area (Å²) < 4.78 is 0. The Balaban J connectivity index is 2.75. The van der Waals surface area contributed by atoms with Crippen LogP contribution >= 0.6 is 0 Å². The first kappa shape index (κ1) is 6.07. The van der Waals surface area contributed by atoms with Crippen molar-refractivity contribution in [1.29, 1.82) is 0 Å². The SMILES string of the molecule is N/N=C1/CCC/C1=N/O. The number of hydrogen-bond donors (Lipinski definition) is 2. The second-order valence-corrected chi connectivity index (χ2v) is 1.98. The van der Waals surface area contributed by atoms with Gasteiger partial charge in [0.1, 0.15) is 5.71 Å². The second kappa shape index (κ2) is 2.48. The van der Waals surface area contributed by atoms with Crippen molar-refractivity contribution in [3.63, 3.8) is 0 Å². The molecule has 0 aromatic carbocycles. The van der Waals surface area contributed by atoms with Crippen LogP contribution in [-0.2, 0) is 0 Å². The van der Waals surface area contributed by atoms with Crippen molar-refractivity contribution >= 4 is 11.4 Å². The molecule has 9 heavy (non-hydrogen) atoms. The van der Waals surface area contributed by atoms with Gasteiger partial charge in [0.2, 0.25) is 0 Å². The molecule has 0 aromatic rings. The highest BCUT2D eigenvalue weighted by Crippen LogP contribution is 2.11. The smallest absolute Gasteiger partial charge is 0.103 e. The van der Waals surface area contributed by atoms with Crippen molar-refractivity contribution in [3.05, 3.63) is 0 Å². The standard InChI is InChI=1S/C5H9N3O/c6-7-4-2-1-3-5(4)8-9/h9H,1-3,6H2/b7-4-,8-5-. The predicted octanol–water partition coefficient (Wildman–Crippen LogP) is 0.315. The molecule has 1 aliphatic carbocycles. The fourth-order valence-corrected chi connectivity index (χ4v) is 0.959. The first-order valence-electron chi connectivity index (χ1n) is 2.86. The third kappa shape index (κ3) is 1.01. The Hall–Kier alpha value is -1.06. The molecule has 0 saturated heterocycles. The Morgan fingerprint density at radius 2 is 2.00 bits per heavy atom. The maximum atomic E-state index is 8.32. The molecule has 0 spiro atoms. The minimum atomic E-state index is 0.637. The van der Waals surface area contributed by atoms with E-state index in [1.54, 1.807) is 0 Å². The minimum Gasteiger partial charge on any atom is -0.411 e. The summed E-state index contributed by atoms with van der Waals surface area (Å²) in [6.45, 7) is 0. The average molecular weight is 127 g/mol. The van der Waals surface area contributed by atoms with E-state index in [-0.39, 0.29) is 0 Å². The van der Waals surface area contributed by atoms with E-state index in [9.17, 15) is 0 Å². The van der Waals surface area contributed by atoms with Crippen molar-refractivity contribution < 1.29 is 5.21 Å². The van der Waals surface area contributed by atoms with E-state index in [4.69, 9.17) is 11.0 Å². The maximum absolute atomic E-state index is 8.32. The van der Waals surface area contributed by atoms with Crippen molar-refractivity contribution in [2.75, 3.05) is 0 Å². The zero-order valence-corrected chi connectivity index (χ0v) is 5.04. The van der Waals surface area contributed by atoms with Crippen molar-refractivity contribution in [2.24, 2.45) is 16.1 Å². The molecule has 50 valence electrons. The van der Waals surface area contributed by atoms with Gasteiger partial charge in [0.05, 0.1) is 5.71 Å². The monoisotopic (exact) mass is 127 g/mol. The number of nitrogens with zero attached hydrogens (tertiary/aromatic N) is 2. The first-order chi connectivity index (χ1) is 4.38. The van der Waals surface area contributed by atoms with Crippen LogP contribution < -0.4 is 5.84 Å². The summed E-state index contributed by atoms with van der Waals surface area (Å²) in [7, 11) is 0. The highest BCUT2D eigenvalue weighted by atomic mass is 16.4. The first-order valence-corrected chi connectivity index (χ1v) is 2.86. The minimum absolute atomic E-state index is 0.637. The highest BCUT2D eigenvalue weighted by Gasteiger charge is 2.16. The Labute approximate surface area is 53.0 Å². The third-order valence-corrected chi connectivity index (χ3v) is 1.44.